The summed E-state index contributed by atoms with van der Waals surface area (Å²) in [7, 11) is 0. The van der Waals surface area contributed by atoms with Crippen molar-refractivity contribution in [3.05, 3.63) is 22.6 Å². The Balaban J connectivity index is 3.64. The first-order chi connectivity index (χ1) is 4.66. The van der Waals surface area contributed by atoms with Gasteiger partial charge in [0.05, 0.1) is 0 Å². The van der Waals surface area contributed by atoms with Gasteiger partial charge in [0.2, 0.25) is 5.91 Å². The first-order valence-corrected chi connectivity index (χ1v) is 2.62. The van der Waals surface area contributed by atoms with Crippen LogP contribution >= 0.6 is 0 Å². The summed E-state index contributed by atoms with van der Waals surface area (Å²) in [5.41, 5.74) is 13.2. The summed E-state index contributed by atoms with van der Waals surface area (Å²) < 4.78 is 0. The molecule has 0 bridgehead atoms. The summed E-state index contributed by atoms with van der Waals surface area (Å²) in [6.45, 7) is 3.60. The molecule has 0 saturated heterocycles. The summed E-state index contributed by atoms with van der Waals surface area (Å²) in [6, 6.07) is 0. The molecule has 0 aromatic heterocycles. The van der Waals surface area contributed by atoms with E-state index in [-0.39, 0.29) is 13.0 Å². The van der Waals surface area contributed by atoms with E-state index in [1.165, 1.54) is 0 Å². The molecule has 0 unspecified atom stereocenters. The van der Waals surface area contributed by atoms with Gasteiger partial charge in [-0.3, -0.25) is 4.79 Å². The number of nitrogens with zero attached hydrogens (tertiary/aromatic N) is 3. The zero-order valence-electron chi connectivity index (χ0n) is 5.45. The quantitative estimate of drug-likeness (QED) is 0.265. The zero-order chi connectivity index (χ0) is 7.98. The molecule has 0 saturated carbocycles. The van der Waals surface area contributed by atoms with E-state index in [4.69, 9.17) is 11.3 Å². The van der Waals surface area contributed by atoms with Crippen molar-refractivity contribution in [2.24, 2.45) is 10.8 Å². The number of rotatable bonds is 4. The van der Waals surface area contributed by atoms with E-state index in [1.807, 2.05) is 0 Å². The van der Waals surface area contributed by atoms with E-state index < -0.39 is 5.91 Å². The molecule has 0 rings (SSSR count). The van der Waals surface area contributed by atoms with Gasteiger partial charge in [-0.1, -0.05) is 17.3 Å². The molecular weight excluding hydrogens is 132 g/mol. The number of hydrogen-bond donors (Lipinski definition) is 1. The highest BCUT2D eigenvalue weighted by atomic mass is 16.1. The third-order valence-corrected chi connectivity index (χ3v) is 0.782. The fraction of sp³-hybridized carbons (Fsp3) is 0.400. The van der Waals surface area contributed by atoms with Crippen LogP contribution in [0.1, 0.15) is 6.42 Å². The third kappa shape index (κ3) is 4.67. The van der Waals surface area contributed by atoms with Gasteiger partial charge >= 0.3 is 0 Å². The molecule has 0 heterocycles. The summed E-state index contributed by atoms with van der Waals surface area (Å²) in [4.78, 5) is 12.7. The summed E-state index contributed by atoms with van der Waals surface area (Å²) in [5.74, 6) is -0.460. The molecule has 0 spiro atoms. The average molecular weight is 140 g/mol. The van der Waals surface area contributed by atoms with Crippen molar-refractivity contribution < 1.29 is 4.79 Å². The van der Waals surface area contributed by atoms with Gasteiger partial charge in [-0.25, -0.2) is 0 Å². The van der Waals surface area contributed by atoms with E-state index in [1.54, 1.807) is 0 Å². The van der Waals surface area contributed by atoms with Crippen molar-refractivity contribution in [3.8, 4) is 0 Å². The zero-order valence-corrected chi connectivity index (χ0v) is 5.45. The lowest BCUT2D eigenvalue weighted by Crippen LogP contribution is -2.11. The second-order valence-corrected chi connectivity index (χ2v) is 1.78. The average Bonchev–Trinajstić information content (AvgIpc) is 1.82. The number of carbonyl (C=O) groups excluding carboxylic acids is 1. The number of amides is 1. The summed E-state index contributed by atoms with van der Waals surface area (Å²) >= 11 is 0. The van der Waals surface area contributed by atoms with Gasteiger partial charge in [0.25, 0.3) is 0 Å². The molecule has 0 aliphatic carbocycles. The Kier molecular flexibility index (Phi) is 3.75. The number of carbonyl (C=O) groups is 1. The predicted molar refractivity (Wildman–Crippen MR) is 37.0 cm³/mol. The molecule has 10 heavy (non-hydrogen) atoms. The van der Waals surface area contributed by atoms with Crippen LogP contribution in [0.2, 0.25) is 0 Å². The molecule has 5 heteroatoms. The Bertz CT molecular complexity index is 186. The summed E-state index contributed by atoms with van der Waals surface area (Å²) in [5, 5.41) is 3.20. The van der Waals surface area contributed by atoms with Crippen LogP contribution in [0.5, 0.6) is 0 Å². The van der Waals surface area contributed by atoms with Gasteiger partial charge in [0.1, 0.15) is 0 Å². The maximum absolute atomic E-state index is 10.2. The second kappa shape index (κ2) is 4.40. The Morgan fingerprint density at radius 2 is 2.40 bits per heavy atom. The van der Waals surface area contributed by atoms with E-state index in [2.05, 4.69) is 16.6 Å². The van der Waals surface area contributed by atoms with E-state index >= 15 is 0 Å². The van der Waals surface area contributed by atoms with Gasteiger partial charge in [0.15, 0.2) is 0 Å². The van der Waals surface area contributed by atoms with Crippen LogP contribution in [-0.4, -0.2) is 12.5 Å². The second-order valence-electron chi connectivity index (χ2n) is 1.78. The minimum Gasteiger partial charge on any atom is -0.369 e. The fourth-order valence-corrected chi connectivity index (χ4v) is 0.434. The smallest absolute Gasteiger partial charge is 0.221 e. The number of hydrogen-bond acceptors (Lipinski definition) is 2. The molecule has 0 aliphatic rings. The van der Waals surface area contributed by atoms with Crippen molar-refractivity contribution in [2.45, 2.75) is 6.42 Å². The van der Waals surface area contributed by atoms with Crippen LogP contribution in [0.25, 0.3) is 10.4 Å². The Morgan fingerprint density at radius 3 is 2.80 bits per heavy atom. The number of nitrogens with two attached hydrogens (primary N) is 1. The maximum atomic E-state index is 10.2. The lowest BCUT2D eigenvalue weighted by Gasteiger charge is -1.94. The van der Waals surface area contributed by atoms with Crippen LogP contribution in [0.3, 0.4) is 0 Å². The molecule has 0 aromatic carbocycles. The SMILES string of the molecule is C=C(CN=[N+]=[N-])CC(N)=O. The van der Waals surface area contributed by atoms with Gasteiger partial charge in [-0.05, 0) is 5.53 Å². The first-order valence-electron chi connectivity index (χ1n) is 2.62. The highest BCUT2D eigenvalue weighted by Gasteiger charge is 1.96. The molecule has 0 fully saturated rings. The molecule has 0 radical (unpaired) electrons. The Labute approximate surface area is 58.1 Å². The molecule has 0 aliphatic heterocycles. The molecule has 5 nitrogen and oxygen atoms in total. The van der Waals surface area contributed by atoms with Crippen LogP contribution in [0.15, 0.2) is 17.3 Å². The van der Waals surface area contributed by atoms with Crippen molar-refractivity contribution >= 4 is 5.91 Å². The molecule has 0 atom stereocenters. The van der Waals surface area contributed by atoms with Gasteiger partial charge in [-0.2, -0.15) is 0 Å². The van der Waals surface area contributed by atoms with Crippen LogP contribution in [0.4, 0.5) is 0 Å². The summed E-state index contributed by atoms with van der Waals surface area (Å²) in [6.07, 6.45) is 0.0824. The Morgan fingerprint density at radius 1 is 1.80 bits per heavy atom. The lowest BCUT2D eigenvalue weighted by atomic mass is 10.2. The van der Waals surface area contributed by atoms with E-state index in [0.717, 1.165) is 0 Å². The number of azide groups is 1. The highest BCUT2D eigenvalue weighted by Crippen LogP contribution is 1.96. The van der Waals surface area contributed by atoms with Crippen molar-refractivity contribution in [1.29, 1.82) is 0 Å². The monoisotopic (exact) mass is 140 g/mol. The highest BCUT2D eigenvalue weighted by molar-refractivity contribution is 5.76. The maximum Gasteiger partial charge on any atom is 0.221 e. The standard InChI is InChI=1S/C5H8N4O/c1-4(2-5(6)10)3-8-9-7/h1-3H2,(H2,6,10). The van der Waals surface area contributed by atoms with Gasteiger partial charge in [0, 0.05) is 17.9 Å². The molecule has 1 amide bonds. The van der Waals surface area contributed by atoms with Crippen molar-refractivity contribution in [3.63, 3.8) is 0 Å². The third-order valence-electron chi connectivity index (χ3n) is 0.782. The van der Waals surface area contributed by atoms with Crippen molar-refractivity contribution in [2.75, 3.05) is 6.54 Å². The molecule has 0 aromatic rings. The van der Waals surface area contributed by atoms with Gasteiger partial charge < -0.3 is 5.73 Å². The molecule has 54 valence electrons. The molecular formula is C5H8N4O. The van der Waals surface area contributed by atoms with Gasteiger partial charge in [-0.15, -0.1) is 0 Å². The van der Waals surface area contributed by atoms with E-state index in [0.29, 0.717) is 5.57 Å². The lowest BCUT2D eigenvalue weighted by molar-refractivity contribution is -0.117. The fourth-order valence-electron chi connectivity index (χ4n) is 0.434. The van der Waals surface area contributed by atoms with E-state index in [9.17, 15) is 4.79 Å². The van der Waals surface area contributed by atoms with Crippen LogP contribution < -0.4 is 5.73 Å². The normalized spacial score (nSPS) is 8.00. The topological polar surface area (TPSA) is 91.8 Å². The largest absolute Gasteiger partial charge is 0.369 e. The van der Waals surface area contributed by atoms with Crippen LogP contribution in [-0.2, 0) is 4.79 Å². The first kappa shape index (κ1) is 8.52. The minimum absolute atomic E-state index is 0.0824. The molecule has 2 N–H and O–H groups in total. The number of primary amides is 1. The van der Waals surface area contributed by atoms with Crippen molar-refractivity contribution in [1.82, 2.24) is 0 Å². The minimum atomic E-state index is -0.460. The van der Waals surface area contributed by atoms with Crippen LogP contribution in [0, 0.1) is 0 Å². The Hall–Kier alpha value is -1.48. The predicted octanol–water partition coefficient (Wildman–Crippen LogP) is 0.728.